The average molecular weight is 239 g/mol. The van der Waals surface area contributed by atoms with Crippen molar-refractivity contribution in [3.05, 3.63) is 0 Å². The normalized spacial score (nSPS) is 19.5. The molecule has 17 heavy (non-hydrogen) atoms. The van der Waals surface area contributed by atoms with Gasteiger partial charge in [-0.1, -0.05) is 20.8 Å². The fraction of sp³-hybridized carbons (Fsp3) is 0.933. The van der Waals surface area contributed by atoms with Gasteiger partial charge in [0, 0.05) is 6.42 Å². The Morgan fingerprint density at radius 1 is 1.18 bits per heavy atom. The van der Waals surface area contributed by atoms with Gasteiger partial charge in [0.2, 0.25) is 0 Å². The van der Waals surface area contributed by atoms with E-state index in [1.165, 1.54) is 38.9 Å². The molecule has 0 radical (unpaired) electrons. The molecular weight excluding hydrogens is 210 g/mol. The maximum absolute atomic E-state index is 10.8. The first-order chi connectivity index (χ1) is 7.89. The van der Waals surface area contributed by atoms with Crippen LogP contribution in [0.15, 0.2) is 0 Å². The van der Waals surface area contributed by atoms with E-state index >= 15 is 0 Å². The molecule has 1 fully saturated rings. The van der Waals surface area contributed by atoms with Crippen molar-refractivity contribution in [1.29, 1.82) is 0 Å². The topological polar surface area (TPSA) is 20.3 Å². The lowest BCUT2D eigenvalue weighted by Gasteiger charge is -2.38. The highest BCUT2D eigenvalue weighted by atomic mass is 16.1. The third-order valence-electron chi connectivity index (χ3n) is 4.07. The van der Waals surface area contributed by atoms with Crippen molar-refractivity contribution < 1.29 is 4.79 Å². The van der Waals surface area contributed by atoms with Crippen molar-refractivity contribution in [2.45, 2.75) is 59.8 Å². The molecule has 2 heteroatoms. The average Bonchev–Trinajstić information content (AvgIpc) is 2.23. The second kappa shape index (κ2) is 6.53. The van der Waals surface area contributed by atoms with E-state index in [1.807, 2.05) is 0 Å². The molecule has 2 nitrogen and oxygen atoms in total. The highest BCUT2D eigenvalue weighted by molar-refractivity contribution is 5.75. The van der Waals surface area contributed by atoms with Gasteiger partial charge < -0.3 is 9.69 Å². The van der Waals surface area contributed by atoms with Crippen LogP contribution in [0, 0.1) is 11.3 Å². The van der Waals surface area contributed by atoms with E-state index in [0.717, 1.165) is 18.8 Å². The van der Waals surface area contributed by atoms with Crippen LogP contribution in [0.1, 0.15) is 59.8 Å². The minimum atomic E-state index is 0.330. The first kappa shape index (κ1) is 14.7. The summed E-state index contributed by atoms with van der Waals surface area (Å²) < 4.78 is 0. The molecule has 1 heterocycles. The van der Waals surface area contributed by atoms with E-state index in [9.17, 15) is 4.79 Å². The number of ketones is 1. The monoisotopic (exact) mass is 239 g/mol. The molecular formula is C15H29NO. The highest BCUT2D eigenvalue weighted by Crippen LogP contribution is 2.34. The van der Waals surface area contributed by atoms with Crippen molar-refractivity contribution in [1.82, 2.24) is 4.90 Å². The van der Waals surface area contributed by atoms with Gasteiger partial charge in [0.25, 0.3) is 0 Å². The van der Waals surface area contributed by atoms with Crippen LogP contribution in [-0.4, -0.2) is 30.3 Å². The lowest BCUT2D eigenvalue weighted by atomic mass is 9.75. The van der Waals surface area contributed by atoms with E-state index in [-0.39, 0.29) is 0 Å². The minimum Gasteiger partial charge on any atom is -0.303 e. The second-order valence-corrected chi connectivity index (χ2v) is 6.64. The summed E-state index contributed by atoms with van der Waals surface area (Å²) in [7, 11) is 0. The minimum absolute atomic E-state index is 0.330. The SMILES string of the molecule is CC(=O)CCCCN1CCC(C(C)(C)C)CC1. The van der Waals surface area contributed by atoms with E-state index in [0.29, 0.717) is 11.2 Å². The van der Waals surface area contributed by atoms with Crippen molar-refractivity contribution >= 4 is 5.78 Å². The Balaban J connectivity index is 2.13. The van der Waals surface area contributed by atoms with Crippen molar-refractivity contribution in [3.63, 3.8) is 0 Å². The van der Waals surface area contributed by atoms with E-state index in [4.69, 9.17) is 0 Å². The predicted octanol–water partition coefficient (Wildman–Crippen LogP) is 3.50. The Hall–Kier alpha value is -0.370. The number of carbonyl (C=O) groups is 1. The summed E-state index contributed by atoms with van der Waals surface area (Å²) in [6.07, 6.45) is 5.69. The van der Waals surface area contributed by atoms with Crippen molar-refractivity contribution in [2.24, 2.45) is 11.3 Å². The molecule has 0 N–H and O–H groups in total. The fourth-order valence-electron chi connectivity index (χ4n) is 2.73. The van der Waals surface area contributed by atoms with Gasteiger partial charge in [-0.15, -0.1) is 0 Å². The lowest BCUT2D eigenvalue weighted by Crippen LogP contribution is -2.38. The smallest absolute Gasteiger partial charge is 0.129 e. The number of likely N-dealkylation sites (tertiary alicyclic amines) is 1. The summed E-state index contributed by atoms with van der Waals surface area (Å²) in [5, 5.41) is 0. The molecule has 0 atom stereocenters. The zero-order valence-electron chi connectivity index (χ0n) is 12.1. The largest absolute Gasteiger partial charge is 0.303 e. The van der Waals surface area contributed by atoms with Crippen LogP contribution >= 0.6 is 0 Å². The van der Waals surface area contributed by atoms with Gasteiger partial charge >= 0.3 is 0 Å². The zero-order chi connectivity index (χ0) is 12.9. The number of hydrogen-bond acceptors (Lipinski definition) is 2. The molecule has 0 bridgehead atoms. The van der Waals surface area contributed by atoms with Crippen LogP contribution < -0.4 is 0 Å². The standard InChI is InChI=1S/C15H29NO/c1-13(17)7-5-6-10-16-11-8-14(9-12-16)15(2,3)4/h14H,5-12H2,1-4H3. The number of nitrogens with zero attached hydrogens (tertiary/aromatic N) is 1. The molecule has 0 unspecified atom stereocenters. The van der Waals surface area contributed by atoms with Gasteiger partial charge in [-0.3, -0.25) is 0 Å². The molecule has 0 aromatic carbocycles. The van der Waals surface area contributed by atoms with Gasteiger partial charge in [0.15, 0.2) is 0 Å². The van der Waals surface area contributed by atoms with Gasteiger partial charge in [0.05, 0.1) is 0 Å². The van der Waals surface area contributed by atoms with E-state index in [2.05, 4.69) is 25.7 Å². The van der Waals surface area contributed by atoms with Crippen LogP contribution in [0.25, 0.3) is 0 Å². The maximum atomic E-state index is 10.8. The van der Waals surface area contributed by atoms with Gasteiger partial charge in [0.1, 0.15) is 5.78 Å². The molecule has 0 aliphatic carbocycles. The quantitative estimate of drug-likeness (QED) is 0.684. The molecule has 1 aliphatic heterocycles. The summed E-state index contributed by atoms with van der Waals surface area (Å²) in [5.41, 5.74) is 0.473. The third-order valence-corrected chi connectivity index (χ3v) is 4.07. The number of hydrogen-bond donors (Lipinski definition) is 0. The van der Waals surface area contributed by atoms with Crippen LogP contribution in [0.3, 0.4) is 0 Å². The summed E-state index contributed by atoms with van der Waals surface area (Å²) in [6.45, 7) is 12.5. The number of piperidine rings is 1. The Labute approximate surface area is 107 Å². The van der Waals surface area contributed by atoms with Crippen LogP contribution in [0.5, 0.6) is 0 Å². The van der Waals surface area contributed by atoms with Gasteiger partial charge in [-0.05, 0) is 63.6 Å². The molecule has 0 saturated carbocycles. The number of carbonyl (C=O) groups excluding carboxylic acids is 1. The van der Waals surface area contributed by atoms with Gasteiger partial charge in [-0.2, -0.15) is 0 Å². The molecule has 0 amide bonds. The maximum Gasteiger partial charge on any atom is 0.129 e. The molecule has 1 saturated heterocycles. The lowest BCUT2D eigenvalue weighted by molar-refractivity contribution is -0.117. The second-order valence-electron chi connectivity index (χ2n) is 6.64. The molecule has 0 spiro atoms. The summed E-state index contributed by atoms with van der Waals surface area (Å²) in [6, 6.07) is 0. The van der Waals surface area contributed by atoms with Gasteiger partial charge in [-0.25, -0.2) is 0 Å². The van der Waals surface area contributed by atoms with Crippen LogP contribution in [-0.2, 0) is 4.79 Å². The highest BCUT2D eigenvalue weighted by Gasteiger charge is 2.28. The molecule has 1 rings (SSSR count). The Morgan fingerprint density at radius 2 is 1.76 bits per heavy atom. The van der Waals surface area contributed by atoms with Crippen molar-refractivity contribution in [3.8, 4) is 0 Å². The number of rotatable bonds is 5. The van der Waals surface area contributed by atoms with Crippen molar-refractivity contribution in [2.75, 3.05) is 19.6 Å². The molecule has 1 aliphatic rings. The Kier molecular flexibility index (Phi) is 5.64. The number of Topliss-reactive ketones (excluding diaryl/α,β-unsaturated/α-hetero) is 1. The molecule has 100 valence electrons. The fourth-order valence-corrected chi connectivity index (χ4v) is 2.73. The summed E-state index contributed by atoms with van der Waals surface area (Å²) >= 11 is 0. The first-order valence-corrected chi connectivity index (χ1v) is 7.11. The summed E-state index contributed by atoms with van der Waals surface area (Å²) in [5.74, 6) is 1.22. The Bertz CT molecular complexity index is 234. The molecule has 0 aromatic heterocycles. The molecule has 0 aromatic rings. The first-order valence-electron chi connectivity index (χ1n) is 7.11. The zero-order valence-corrected chi connectivity index (χ0v) is 12.1. The summed E-state index contributed by atoms with van der Waals surface area (Å²) in [4.78, 5) is 13.4. The van der Waals surface area contributed by atoms with E-state index in [1.54, 1.807) is 6.92 Å². The van der Waals surface area contributed by atoms with Crippen LogP contribution in [0.4, 0.5) is 0 Å². The Morgan fingerprint density at radius 3 is 2.24 bits per heavy atom. The third kappa shape index (κ3) is 5.67. The van der Waals surface area contributed by atoms with Crippen LogP contribution in [0.2, 0.25) is 0 Å². The predicted molar refractivity (Wildman–Crippen MR) is 73.2 cm³/mol. The number of unbranched alkanes of at least 4 members (excludes halogenated alkanes) is 1. The van der Waals surface area contributed by atoms with E-state index < -0.39 is 0 Å².